The normalized spacial score (nSPS) is 21.8. The smallest absolute Gasteiger partial charge is 0.243 e. The molecule has 0 aromatic heterocycles. The highest BCUT2D eigenvalue weighted by atomic mass is 32.2. The molecule has 1 saturated heterocycles. The molecule has 18 heavy (non-hydrogen) atoms. The summed E-state index contributed by atoms with van der Waals surface area (Å²) in [6.45, 7) is 10.3. The molecule has 2 amide bonds. The molecule has 1 atom stereocenters. The Balaban J connectivity index is 2.88. The predicted molar refractivity (Wildman–Crippen MR) is 79.7 cm³/mol. The quantitative estimate of drug-likeness (QED) is 0.565. The van der Waals surface area contributed by atoms with E-state index in [1.807, 2.05) is 20.8 Å². The molecule has 0 aromatic rings. The van der Waals surface area contributed by atoms with E-state index in [4.69, 9.17) is 0 Å². The summed E-state index contributed by atoms with van der Waals surface area (Å²) in [6, 6.07) is 0. The van der Waals surface area contributed by atoms with Crippen LogP contribution in [0.25, 0.3) is 0 Å². The average molecular weight is 269 g/mol. The second-order valence-corrected chi connectivity index (χ2v) is 8.25. The topological polar surface area (TPSA) is 37.4 Å². The van der Waals surface area contributed by atoms with Crippen LogP contribution < -0.4 is 0 Å². The lowest BCUT2D eigenvalue weighted by atomic mass is 9.65. The Kier molecular flexibility index (Phi) is 4.58. The molecule has 0 bridgehead atoms. The molecule has 0 aromatic carbocycles. The first-order valence-corrected chi connectivity index (χ1v) is 7.62. The van der Waals surface area contributed by atoms with Crippen molar-refractivity contribution in [2.75, 3.05) is 5.75 Å². The van der Waals surface area contributed by atoms with Gasteiger partial charge in [-0.15, -0.1) is 11.8 Å². The van der Waals surface area contributed by atoms with E-state index in [1.54, 1.807) is 11.8 Å². The van der Waals surface area contributed by atoms with Gasteiger partial charge in [-0.2, -0.15) is 0 Å². The molecule has 1 heterocycles. The van der Waals surface area contributed by atoms with Crippen molar-refractivity contribution < 1.29 is 9.59 Å². The number of thioether (sulfide) groups is 1. The number of imide groups is 1. The third-order valence-electron chi connectivity index (χ3n) is 3.04. The molecule has 0 spiro atoms. The second-order valence-electron chi connectivity index (χ2n) is 6.77. The van der Waals surface area contributed by atoms with E-state index in [0.717, 1.165) is 12.2 Å². The van der Waals surface area contributed by atoms with Crippen molar-refractivity contribution in [1.82, 2.24) is 4.90 Å². The lowest BCUT2D eigenvalue weighted by Gasteiger charge is -2.39. The Morgan fingerprint density at radius 2 is 1.89 bits per heavy atom. The van der Waals surface area contributed by atoms with Gasteiger partial charge in [0.25, 0.3) is 0 Å². The molecule has 5 heteroatoms. The van der Waals surface area contributed by atoms with E-state index < -0.39 is 5.54 Å². The summed E-state index contributed by atoms with van der Waals surface area (Å²) in [7, 11) is 2.14. The molecule has 0 saturated carbocycles. The van der Waals surface area contributed by atoms with Crippen molar-refractivity contribution in [2.24, 2.45) is 0 Å². The monoisotopic (exact) mass is 269 g/mol. The maximum atomic E-state index is 12.3. The predicted octanol–water partition coefficient (Wildman–Crippen LogP) is 1.87. The molecule has 0 N–H and O–H groups in total. The Bertz CT molecular complexity index is 349. The van der Waals surface area contributed by atoms with Crippen LogP contribution in [0.15, 0.2) is 0 Å². The number of likely N-dealkylation sites (tertiary alicyclic amines) is 1. The number of hydrogen-bond donors (Lipinski definition) is 0. The Morgan fingerprint density at radius 1 is 1.33 bits per heavy atom. The lowest BCUT2D eigenvalue weighted by Crippen LogP contribution is -2.49. The zero-order valence-corrected chi connectivity index (χ0v) is 13.2. The van der Waals surface area contributed by atoms with Gasteiger partial charge in [0, 0.05) is 12.0 Å². The lowest BCUT2D eigenvalue weighted by molar-refractivity contribution is -0.144. The van der Waals surface area contributed by atoms with Gasteiger partial charge in [0.15, 0.2) is 0 Å². The molecule has 3 nitrogen and oxygen atoms in total. The molecular weight excluding hydrogens is 245 g/mol. The van der Waals surface area contributed by atoms with E-state index in [1.165, 1.54) is 4.90 Å². The highest BCUT2D eigenvalue weighted by Gasteiger charge is 2.46. The minimum absolute atomic E-state index is 0.00102. The molecule has 0 aliphatic carbocycles. The third kappa shape index (κ3) is 3.53. The Morgan fingerprint density at radius 3 is 2.33 bits per heavy atom. The van der Waals surface area contributed by atoms with Crippen LogP contribution in [0.1, 0.15) is 47.5 Å². The van der Waals surface area contributed by atoms with E-state index >= 15 is 0 Å². The van der Waals surface area contributed by atoms with Gasteiger partial charge in [-0.05, 0) is 26.0 Å². The van der Waals surface area contributed by atoms with Gasteiger partial charge < -0.3 is 0 Å². The van der Waals surface area contributed by atoms with Crippen molar-refractivity contribution >= 4 is 31.4 Å². The Hall–Kier alpha value is -0.445. The molecule has 1 unspecified atom stereocenters. The second kappa shape index (κ2) is 5.28. The number of amides is 2. The zero-order chi connectivity index (χ0) is 14.1. The summed E-state index contributed by atoms with van der Waals surface area (Å²) in [6.07, 6.45) is 1.19. The van der Waals surface area contributed by atoms with Gasteiger partial charge in [-0.1, -0.05) is 26.1 Å². The van der Waals surface area contributed by atoms with E-state index in [9.17, 15) is 9.59 Å². The van der Waals surface area contributed by atoms with Gasteiger partial charge in [0.05, 0.1) is 5.25 Å². The zero-order valence-electron chi connectivity index (χ0n) is 12.4. The molecule has 1 aliphatic rings. The summed E-state index contributed by atoms with van der Waals surface area (Å²) in [4.78, 5) is 25.9. The first kappa shape index (κ1) is 15.6. The number of nitrogens with zero attached hydrogens (tertiary/aromatic N) is 1. The van der Waals surface area contributed by atoms with Gasteiger partial charge >= 0.3 is 0 Å². The van der Waals surface area contributed by atoms with Crippen LogP contribution in [0.4, 0.5) is 0 Å². The standard InChI is InChI=1S/C13H24BNO2S/c1-6-18-9-7-10(16)15(11(9)17)13(4,5)8-12(2,3)14/h9H,6-8,14H2,1-5H3. The van der Waals surface area contributed by atoms with Crippen molar-refractivity contribution in [1.29, 1.82) is 0 Å². The largest absolute Gasteiger partial charge is 0.276 e. The van der Waals surface area contributed by atoms with Crippen molar-refractivity contribution in [3.8, 4) is 0 Å². The minimum atomic E-state index is -0.393. The minimum Gasteiger partial charge on any atom is -0.276 e. The highest BCUT2D eigenvalue weighted by Crippen LogP contribution is 2.38. The fourth-order valence-corrected chi connectivity index (χ4v) is 3.86. The SMILES string of the molecule is BC(C)(C)CC(C)(C)N1C(=O)CC(SCC)C1=O. The van der Waals surface area contributed by atoms with Crippen molar-refractivity contribution in [3.63, 3.8) is 0 Å². The summed E-state index contributed by atoms with van der Waals surface area (Å²) in [5.41, 5.74) is -0.393. The molecule has 1 fully saturated rings. The van der Waals surface area contributed by atoms with E-state index in [0.29, 0.717) is 6.42 Å². The van der Waals surface area contributed by atoms with Crippen LogP contribution in [0.3, 0.4) is 0 Å². The number of carbonyl (C=O) groups excluding carboxylic acids is 2. The molecule has 1 aliphatic heterocycles. The van der Waals surface area contributed by atoms with Crippen LogP contribution in [-0.4, -0.2) is 41.1 Å². The summed E-state index contributed by atoms with van der Waals surface area (Å²) >= 11 is 1.58. The Labute approximate surface area is 115 Å². The summed E-state index contributed by atoms with van der Waals surface area (Å²) < 4.78 is 0. The van der Waals surface area contributed by atoms with Crippen molar-refractivity contribution in [3.05, 3.63) is 0 Å². The maximum Gasteiger partial charge on any atom is 0.243 e. The van der Waals surface area contributed by atoms with Gasteiger partial charge in [-0.3, -0.25) is 14.5 Å². The molecule has 102 valence electrons. The van der Waals surface area contributed by atoms with Crippen LogP contribution in [0, 0.1) is 0 Å². The third-order valence-corrected chi connectivity index (χ3v) is 4.15. The first-order chi connectivity index (χ1) is 8.08. The first-order valence-electron chi connectivity index (χ1n) is 6.57. The number of carbonyl (C=O) groups is 2. The van der Waals surface area contributed by atoms with Crippen LogP contribution in [0.2, 0.25) is 5.31 Å². The molecular formula is C13H24BNO2S. The maximum absolute atomic E-state index is 12.3. The summed E-state index contributed by atoms with van der Waals surface area (Å²) in [5.74, 6) is 0.860. The van der Waals surface area contributed by atoms with Gasteiger partial charge in [0.2, 0.25) is 11.8 Å². The van der Waals surface area contributed by atoms with Crippen molar-refractivity contribution in [2.45, 2.75) is 63.6 Å². The van der Waals surface area contributed by atoms with Gasteiger partial charge in [0.1, 0.15) is 7.85 Å². The molecule has 0 radical (unpaired) electrons. The average Bonchev–Trinajstić information content (AvgIpc) is 2.38. The highest BCUT2D eigenvalue weighted by molar-refractivity contribution is 8.00. The van der Waals surface area contributed by atoms with Gasteiger partial charge in [-0.25, -0.2) is 0 Å². The number of rotatable bonds is 5. The number of hydrogen-bond acceptors (Lipinski definition) is 3. The van der Waals surface area contributed by atoms with Crippen LogP contribution in [-0.2, 0) is 9.59 Å². The van der Waals surface area contributed by atoms with E-state index in [-0.39, 0.29) is 22.4 Å². The van der Waals surface area contributed by atoms with Crippen LogP contribution in [0.5, 0.6) is 0 Å². The van der Waals surface area contributed by atoms with E-state index in [2.05, 4.69) is 21.7 Å². The molecule has 1 rings (SSSR count). The fraction of sp³-hybridized carbons (Fsp3) is 0.846. The van der Waals surface area contributed by atoms with Crippen LogP contribution >= 0.6 is 11.8 Å². The summed E-state index contributed by atoms with van der Waals surface area (Å²) in [5, 5.41) is -0.0678. The fourth-order valence-electron chi connectivity index (χ4n) is 2.95.